The van der Waals surface area contributed by atoms with Gasteiger partial charge in [0.05, 0.1) is 0 Å². The van der Waals surface area contributed by atoms with E-state index in [1.54, 1.807) is 12.4 Å². The average Bonchev–Trinajstić information content (AvgIpc) is 2.30. The number of benzene rings is 1. The molecule has 0 radical (unpaired) electrons. The molecule has 2 aromatic rings. The van der Waals surface area contributed by atoms with E-state index in [4.69, 9.17) is 18.0 Å². The highest BCUT2D eigenvalue weighted by atomic mass is 32.1. The first-order chi connectivity index (χ1) is 7.27. The molecule has 2 N–H and O–H groups in total. The number of hydrogen-bond donors (Lipinski definition) is 1. The minimum absolute atomic E-state index is 0.427. The van der Waals surface area contributed by atoms with E-state index in [1.807, 2.05) is 36.4 Å². The second kappa shape index (κ2) is 4.19. The third kappa shape index (κ3) is 2.19. The Kier molecular flexibility index (Phi) is 2.74. The van der Waals surface area contributed by atoms with Crippen molar-refractivity contribution in [2.24, 2.45) is 5.73 Å². The SMILES string of the molecule is NC(=S)c1ccc(-c2ccncc2)cc1. The Morgan fingerprint density at radius 3 is 2.00 bits per heavy atom. The Bertz CT molecular complexity index is 463. The van der Waals surface area contributed by atoms with Gasteiger partial charge in [-0.15, -0.1) is 0 Å². The van der Waals surface area contributed by atoms with Crippen molar-refractivity contribution in [3.05, 3.63) is 54.4 Å². The predicted octanol–water partition coefficient (Wildman–Crippen LogP) is 2.38. The van der Waals surface area contributed by atoms with E-state index in [2.05, 4.69) is 4.98 Å². The molecule has 0 aliphatic rings. The number of rotatable bonds is 2. The highest BCUT2D eigenvalue weighted by molar-refractivity contribution is 7.80. The van der Waals surface area contributed by atoms with Crippen LogP contribution in [-0.2, 0) is 0 Å². The Morgan fingerprint density at radius 2 is 1.47 bits per heavy atom. The van der Waals surface area contributed by atoms with Gasteiger partial charge in [0.15, 0.2) is 0 Å². The van der Waals surface area contributed by atoms with Crippen LogP contribution in [0.2, 0.25) is 0 Å². The number of pyridine rings is 1. The molecule has 2 nitrogen and oxygen atoms in total. The second-order valence-corrected chi connectivity index (χ2v) is 3.62. The molecule has 0 saturated carbocycles. The van der Waals surface area contributed by atoms with Crippen molar-refractivity contribution in [1.29, 1.82) is 0 Å². The van der Waals surface area contributed by atoms with Crippen LogP contribution in [0.1, 0.15) is 5.56 Å². The van der Waals surface area contributed by atoms with Gasteiger partial charge in [-0.1, -0.05) is 36.5 Å². The Labute approximate surface area is 93.8 Å². The minimum Gasteiger partial charge on any atom is -0.389 e. The molecular weight excluding hydrogens is 204 g/mol. The zero-order valence-corrected chi connectivity index (χ0v) is 8.87. The summed E-state index contributed by atoms with van der Waals surface area (Å²) in [5.74, 6) is 0. The maximum Gasteiger partial charge on any atom is 0.103 e. The zero-order chi connectivity index (χ0) is 10.7. The summed E-state index contributed by atoms with van der Waals surface area (Å²) in [5, 5.41) is 0. The van der Waals surface area contributed by atoms with E-state index >= 15 is 0 Å². The first-order valence-electron chi connectivity index (χ1n) is 4.57. The lowest BCUT2D eigenvalue weighted by Crippen LogP contribution is -2.08. The normalized spacial score (nSPS) is 9.87. The van der Waals surface area contributed by atoms with Crippen molar-refractivity contribution in [3.63, 3.8) is 0 Å². The van der Waals surface area contributed by atoms with Crippen molar-refractivity contribution in [1.82, 2.24) is 4.98 Å². The molecule has 0 spiro atoms. The van der Waals surface area contributed by atoms with Crippen LogP contribution in [-0.4, -0.2) is 9.97 Å². The van der Waals surface area contributed by atoms with Gasteiger partial charge in [0.25, 0.3) is 0 Å². The van der Waals surface area contributed by atoms with Gasteiger partial charge in [-0.2, -0.15) is 0 Å². The zero-order valence-electron chi connectivity index (χ0n) is 8.05. The van der Waals surface area contributed by atoms with E-state index in [-0.39, 0.29) is 0 Å². The van der Waals surface area contributed by atoms with Gasteiger partial charge in [0.2, 0.25) is 0 Å². The molecule has 1 aromatic carbocycles. The molecule has 0 fully saturated rings. The molecule has 0 bridgehead atoms. The van der Waals surface area contributed by atoms with Crippen LogP contribution >= 0.6 is 12.2 Å². The summed E-state index contributed by atoms with van der Waals surface area (Å²) in [6, 6.07) is 11.8. The van der Waals surface area contributed by atoms with Gasteiger partial charge in [0, 0.05) is 18.0 Å². The van der Waals surface area contributed by atoms with Crippen LogP contribution < -0.4 is 5.73 Å². The first-order valence-corrected chi connectivity index (χ1v) is 4.98. The predicted molar refractivity (Wildman–Crippen MR) is 65.6 cm³/mol. The van der Waals surface area contributed by atoms with Gasteiger partial charge in [-0.3, -0.25) is 4.98 Å². The van der Waals surface area contributed by atoms with Crippen LogP contribution in [0, 0.1) is 0 Å². The maximum atomic E-state index is 5.52. The Morgan fingerprint density at radius 1 is 0.933 bits per heavy atom. The first kappa shape index (κ1) is 9.80. The van der Waals surface area contributed by atoms with Gasteiger partial charge in [-0.25, -0.2) is 0 Å². The molecule has 0 aliphatic heterocycles. The number of thiocarbonyl (C=S) groups is 1. The molecule has 0 amide bonds. The van der Waals surface area contributed by atoms with Crippen molar-refractivity contribution < 1.29 is 0 Å². The number of nitrogens with two attached hydrogens (primary N) is 1. The number of hydrogen-bond acceptors (Lipinski definition) is 2. The van der Waals surface area contributed by atoms with Crippen LogP contribution in [0.25, 0.3) is 11.1 Å². The van der Waals surface area contributed by atoms with Crippen LogP contribution in [0.4, 0.5) is 0 Å². The van der Waals surface area contributed by atoms with Crippen LogP contribution in [0.3, 0.4) is 0 Å². The van der Waals surface area contributed by atoms with Crippen LogP contribution in [0.15, 0.2) is 48.8 Å². The molecule has 74 valence electrons. The summed E-state index contributed by atoms with van der Waals surface area (Å²) in [4.78, 5) is 4.40. The van der Waals surface area contributed by atoms with Crippen molar-refractivity contribution in [2.75, 3.05) is 0 Å². The largest absolute Gasteiger partial charge is 0.389 e. The van der Waals surface area contributed by atoms with E-state index < -0.39 is 0 Å². The van der Waals surface area contributed by atoms with E-state index in [9.17, 15) is 0 Å². The lowest BCUT2D eigenvalue weighted by molar-refractivity contribution is 1.33. The molecular formula is C12H10N2S. The second-order valence-electron chi connectivity index (χ2n) is 3.18. The Balaban J connectivity index is 2.36. The lowest BCUT2D eigenvalue weighted by atomic mass is 10.1. The van der Waals surface area contributed by atoms with E-state index in [0.717, 1.165) is 16.7 Å². The summed E-state index contributed by atoms with van der Waals surface area (Å²) >= 11 is 4.89. The van der Waals surface area contributed by atoms with E-state index in [0.29, 0.717) is 4.99 Å². The third-order valence-electron chi connectivity index (χ3n) is 2.18. The lowest BCUT2D eigenvalue weighted by Gasteiger charge is -2.02. The highest BCUT2D eigenvalue weighted by Crippen LogP contribution is 2.18. The minimum atomic E-state index is 0.427. The summed E-state index contributed by atoms with van der Waals surface area (Å²) in [6.45, 7) is 0. The summed E-state index contributed by atoms with van der Waals surface area (Å²) in [6.07, 6.45) is 3.55. The fraction of sp³-hybridized carbons (Fsp3) is 0. The molecule has 0 unspecified atom stereocenters. The third-order valence-corrected chi connectivity index (χ3v) is 2.42. The standard InChI is InChI=1S/C12H10N2S/c13-12(15)11-3-1-9(2-4-11)10-5-7-14-8-6-10/h1-8H,(H2,13,15). The molecule has 0 aliphatic carbocycles. The Hall–Kier alpha value is -1.74. The fourth-order valence-corrected chi connectivity index (χ4v) is 1.51. The number of aromatic nitrogens is 1. The molecule has 3 heteroatoms. The molecule has 15 heavy (non-hydrogen) atoms. The smallest absolute Gasteiger partial charge is 0.103 e. The monoisotopic (exact) mass is 214 g/mol. The van der Waals surface area contributed by atoms with Crippen molar-refractivity contribution in [2.45, 2.75) is 0 Å². The molecule has 1 aromatic heterocycles. The van der Waals surface area contributed by atoms with Gasteiger partial charge >= 0.3 is 0 Å². The molecule has 0 saturated heterocycles. The highest BCUT2D eigenvalue weighted by Gasteiger charge is 1.98. The van der Waals surface area contributed by atoms with Gasteiger partial charge < -0.3 is 5.73 Å². The summed E-state index contributed by atoms with van der Waals surface area (Å²) in [5.41, 5.74) is 8.69. The average molecular weight is 214 g/mol. The number of nitrogens with zero attached hydrogens (tertiary/aromatic N) is 1. The summed E-state index contributed by atoms with van der Waals surface area (Å²) < 4.78 is 0. The van der Waals surface area contributed by atoms with Gasteiger partial charge in [-0.05, 0) is 23.3 Å². The molecule has 1 heterocycles. The van der Waals surface area contributed by atoms with Gasteiger partial charge in [0.1, 0.15) is 4.99 Å². The van der Waals surface area contributed by atoms with E-state index in [1.165, 1.54) is 0 Å². The summed E-state index contributed by atoms with van der Waals surface area (Å²) in [7, 11) is 0. The van der Waals surface area contributed by atoms with Crippen molar-refractivity contribution >= 4 is 17.2 Å². The quantitative estimate of drug-likeness (QED) is 0.780. The van der Waals surface area contributed by atoms with Crippen molar-refractivity contribution in [3.8, 4) is 11.1 Å². The van der Waals surface area contributed by atoms with Crippen LogP contribution in [0.5, 0.6) is 0 Å². The molecule has 2 rings (SSSR count). The fourth-order valence-electron chi connectivity index (χ4n) is 1.37. The molecule has 0 atom stereocenters. The maximum absolute atomic E-state index is 5.52. The topological polar surface area (TPSA) is 38.9 Å².